The van der Waals surface area contributed by atoms with Gasteiger partial charge in [0.1, 0.15) is 29.5 Å². The smallest absolute Gasteiger partial charge is 0.325 e. The van der Waals surface area contributed by atoms with E-state index in [1.54, 1.807) is 0 Å². The Morgan fingerprint density at radius 2 is 1.50 bits per heavy atom. The fraction of sp³-hybridized carbons (Fsp3) is 0.273. The molecule has 0 fully saturated rings. The SMILES string of the molecule is O=C(CC(CC(=O)OCl)c1ccc(F)cc1)OCl. The first-order chi connectivity index (χ1) is 8.56. The van der Waals surface area contributed by atoms with Gasteiger partial charge in [-0.2, -0.15) is 0 Å². The Bertz CT molecular complexity index is 404. The molecule has 0 saturated heterocycles. The molecule has 0 aliphatic rings. The maximum absolute atomic E-state index is 12.8. The van der Waals surface area contributed by atoms with Gasteiger partial charge in [-0.1, -0.05) is 12.1 Å². The number of benzene rings is 1. The quantitative estimate of drug-likeness (QED) is 0.837. The van der Waals surface area contributed by atoms with E-state index in [0.717, 1.165) is 0 Å². The minimum atomic E-state index is -0.701. The number of hydrogen-bond acceptors (Lipinski definition) is 4. The van der Waals surface area contributed by atoms with Crippen molar-refractivity contribution in [2.24, 2.45) is 0 Å². The zero-order valence-corrected chi connectivity index (χ0v) is 10.6. The molecule has 4 nitrogen and oxygen atoms in total. The molecule has 1 aromatic carbocycles. The van der Waals surface area contributed by atoms with Crippen LogP contribution in [0.4, 0.5) is 4.39 Å². The number of hydrogen-bond donors (Lipinski definition) is 0. The predicted octanol–water partition coefficient (Wildman–Crippen LogP) is 3.08. The topological polar surface area (TPSA) is 52.6 Å². The predicted molar refractivity (Wildman–Crippen MR) is 62.3 cm³/mol. The fourth-order valence-electron chi connectivity index (χ4n) is 1.51. The normalized spacial score (nSPS) is 10.2. The van der Waals surface area contributed by atoms with Crippen molar-refractivity contribution in [3.8, 4) is 0 Å². The van der Waals surface area contributed by atoms with E-state index in [0.29, 0.717) is 5.56 Å². The minimum Gasteiger partial charge on any atom is -0.348 e. The van der Waals surface area contributed by atoms with Gasteiger partial charge in [-0.05, 0) is 17.7 Å². The summed E-state index contributed by atoms with van der Waals surface area (Å²) in [6.45, 7) is 0. The maximum Gasteiger partial charge on any atom is 0.325 e. The van der Waals surface area contributed by atoms with E-state index >= 15 is 0 Å². The van der Waals surface area contributed by atoms with Crippen LogP contribution in [-0.2, 0) is 18.2 Å². The molecule has 0 aromatic heterocycles. The molecular weight excluding hydrogens is 286 g/mol. The third-order valence-electron chi connectivity index (χ3n) is 2.34. The molecule has 0 atom stereocenters. The lowest BCUT2D eigenvalue weighted by Gasteiger charge is -2.13. The summed E-state index contributed by atoms with van der Waals surface area (Å²) in [5.74, 6) is -2.36. The zero-order valence-electron chi connectivity index (χ0n) is 9.07. The first kappa shape index (κ1) is 14.7. The minimum absolute atomic E-state index is 0.138. The van der Waals surface area contributed by atoms with Gasteiger partial charge >= 0.3 is 11.9 Å². The molecule has 1 aromatic rings. The molecule has 0 unspecified atom stereocenters. The van der Waals surface area contributed by atoms with Crippen LogP contribution in [0, 0.1) is 5.82 Å². The summed E-state index contributed by atoms with van der Waals surface area (Å²) in [7, 11) is 0. The summed E-state index contributed by atoms with van der Waals surface area (Å²) in [6, 6.07) is 5.37. The fourth-order valence-corrected chi connectivity index (χ4v) is 1.63. The van der Waals surface area contributed by atoms with Crippen molar-refractivity contribution < 1.29 is 22.6 Å². The van der Waals surface area contributed by atoms with E-state index in [1.165, 1.54) is 24.3 Å². The van der Waals surface area contributed by atoms with E-state index < -0.39 is 23.7 Å². The van der Waals surface area contributed by atoms with Crippen LogP contribution in [0.15, 0.2) is 24.3 Å². The molecule has 0 spiro atoms. The Kier molecular flexibility index (Phi) is 5.88. The van der Waals surface area contributed by atoms with Crippen LogP contribution >= 0.6 is 23.7 Å². The van der Waals surface area contributed by atoms with Crippen molar-refractivity contribution in [1.82, 2.24) is 0 Å². The molecule has 0 aliphatic carbocycles. The lowest BCUT2D eigenvalue weighted by atomic mass is 9.92. The number of carbonyl (C=O) groups excluding carboxylic acids is 2. The number of rotatable bonds is 5. The lowest BCUT2D eigenvalue weighted by Crippen LogP contribution is -2.12. The third-order valence-corrected chi connectivity index (χ3v) is 2.68. The van der Waals surface area contributed by atoms with E-state index in [1.807, 2.05) is 0 Å². The summed E-state index contributed by atoms with van der Waals surface area (Å²) in [4.78, 5) is 22.2. The monoisotopic (exact) mass is 294 g/mol. The van der Waals surface area contributed by atoms with Gasteiger partial charge in [-0.15, -0.1) is 0 Å². The van der Waals surface area contributed by atoms with Gasteiger partial charge in [0.05, 0.1) is 12.8 Å². The molecular formula is C11H9Cl2FO4. The molecule has 0 aliphatic heterocycles. The second-order valence-electron chi connectivity index (χ2n) is 3.56. The van der Waals surface area contributed by atoms with Gasteiger partial charge in [0, 0.05) is 5.92 Å². The second-order valence-corrected chi connectivity index (χ2v) is 3.86. The van der Waals surface area contributed by atoms with Crippen LogP contribution in [0.2, 0.25) is 0 Å². The number of halogens is 3. The van der Waals surface area contributed by atoms with E-state index in [-0.39, 0.29) is 12.8 Å². The Balaban J connectivity index is 2.85. The Labute approximate surface area is 113 Å². The molecule has 0 saturated carbocycles. The van der Waals surface area contributed by atoms with Crippen LogP contribution in [0.3, 0.4) is 0 Å². The largest absolute Gasteiger partial charge is 0.348 e. The summed E-state index contributed by atoms with van der Waals surface area (Å²) < 4.78 is 20.8. The highest BCUT2D eigenvalue weighted by molar-refractivity contribution is 6.13. The van der Waals surface area contributed by atoms with Gasteiger partial charge in [0.25, 0.3) is 0 Å². The van der Waals surface area contributed by atoms with Crippen LogP contribution in [0.25, 0.3) is 0 Å². The zero-order chi connectivity index (χ0) is 13.5. The van der Waals surface area contributed by atoms with Gasteiger partial charge < -0.3 is 8.58 Å². The molecule has 0 heterocycles. The van der Waals surface area contributed by atoms with Gasteiger partial charge in [-0.3, -0.25) is 9.59 Å². The van der Waals surface area contributed by atoms with Crippen molar-refractivity contribution in [2.45, 2.75) is 18.8 Å². The molecule has 7 heteroatoms. The summed E-state index contributed by atoms with van der Waals surface area (Å²) in [5.41, 5.74) is 0.584. The van der Waals surface area contributed by atoms with Crippen LogP contribution in [0.1, 0.15) is 24.3 Å². The summed E-state index contributed by atoms with van der Waals surface area (Å²) in [5, 5.41) is 0. The molecule has 1 rings (SSSR count). The molecule has 0 bridgehead atoms. The van der Waals surface area contributed by atoms with Crippen molar-refractivity contribution in [2.75, 3.05) is 0 Å². The van der Waals surface area contributed by atoms with E-state index in [2.05, 4.69) is 8.58 Å². The van der Waals surface area contributed by atoms with Crippen molar-refractivity contribution >= 4 is 35.7 Å². The summed E-state index contributed by atoms with van der Waals surface area (Å²) in [6.07, 6.45) is -0.276. The highest BCUT2D eigenvalue weighted by Crippen LogP contribution is 2.25. The Morgan fingerprint density at radius 3 is 1.89 bits per heavy atom. The molecule has 0 N–H and O–H groups in total. The van der Waals surface area contributed by atoms with Gasteiger partial charge in [-0.25, -0.2) is 4.39 Å². The standard InChI is InChI=1S/C11H9Cl2FO4/c12-17-10(15)5-8(6-11(16)18-13)7-1-3-9(14)4-2-7/h1-4,8H,5-6H2. The van der Waals surface area contributed by atoms with Gasteiger partial charge in [0.15, 0.2) is 0 Å². The average Bonchev–Trinajstić information content (AvgIpc) is 2.38. The second kappa shape index (κ2) is 7.18. The molecule has 98 valence electrons. The van der Waals surface area contributed by atoms with E-state index in [9.17, 15) is 14.0 Å². The Hall–Kier alpha value is -1.33. The van der Waals surface area contributed by atoms with Crippen LogP contribution in [-0.4, -0.2) is 11.9 Å². The van der Waals surface area contributed by atoms with E-state index in [4.69, 9.17) is 23.7 Å². The highest BCUT2D eigenvalue weighted by Gasteiger charge is 2.21. The first-order valence-electron chi connectivity index (χ1n) is 4.95. The summed E-state index contributed by atoms with van der Waals surface area (Å²) >= 11 is 9.85. The molecule has 0 amide bonds. The van der Waals surface area contributed by atoms with Crippen LogP contribution < -0.4 is 0 Å². The molecule has 18 heavy (non-hydrogen) atoms. The van der Waals surface area contributed by atoms with Gasteiger partial charge in [0.2, 0.25) is 0 Å². The first-order valence-corrected chi connectivity index (χ1v) is 5.56. The average molecular weight is 295 g/mol. The van der Waals surface area contributed by atoms with Crippen LogP contribution in [0.5, 0.6) is 0 Å². The molecule has 0 radical (unpaired) electrons. The van der Waals surface area contributed by atoms with Crippen molar-refractivity contribution in [3.05, 3.63) is 35.6 Å². The highest BCUT2D eigenvalue weighted by atomic mass is 35.5. The lowest BCUT2D eigenvalue weighted by molar-refractivity contribution is -0.136. The van der Waals surface area contributed by atoms with Crippen molar-refractivity contribution in [1.29, 1.82) is 0 Å². The number of carbonyl (C=O) groups is 2. The maximum atomic E-state index is 12.8. The Morgan fingerprint density at radius 1 is 1.06 bits per heavy atom. The van der Waals surface area contributed by atoms with Crippen molar-refractivity contribution in [3.63, 3.8) is 0 Å². The third kappa shape index (κ3) is 4.50.